The third-order valence-corrected chi connectivity index (χ3v) is 6.39. The van der Waals surface area contributed by atoms with Crippen molar-refractivity contribution in [1.29, 1.82) is 0 Å². The molecule has 0 saturated carbocycles. The minimum Gasteiger partial charge on any atom is -0.494 e. The van der Waals surface area contributed by atoms with E-state index in [1.165, 1.54) is 11.1 Å². The van der Waals surface area contributed by atoms with Crippen molar-refractivity contribution in [1.82, 2.24) is 0 Å². The second kappa shape index (κ2) is 7.16. The fourth-order valence-electron chi connectivity index (χ4n) is 4.34. The molecule has 0 spiro atoms. The molecule has 0 saturated heterocycles. The molecular formula is C23H24BrNO2. The zero-order valence-electron chi connectivity index (χ0n) is 15.9. The van der Waals surface area contributed by atoms with Crippen LogP contribution in [0.4, 0.5) is 5.69 Å². The van der Waals surface area contributed by atoms with Gasteiger partial charge in [-0.2, -0.15) is 0 Å². The first-order valence-electron chi connectivity index (χ1n) is 9.50. The highest BCUT2D eigenvalue weighted by Gasteiger charge is 2.39. The van der Waals surface area contributed by atoms with Crippen LogP contribution in [-0.2, 0) is 0 Å². The van der Waals surface area contributed by atoms with Gasteiger partial charge in [0.2, 0.25) is 0 Å². The number of benzene rings is 2. The van der Waals surface area contributed by atoms with Crippen LogP contribution < -0.4 is 10.1 Å². The molecule has 1 heterocycles. The molecule has 140 valence electrons. The van der Waals surface area contributed by atoms with Gasteiger partial charge in [-0.1, -0.05) is 28.1 Å². The molecule has 0 fully saturated rings. The van der Waals surface area contributed by atoms with E-state index in [4.69, 9.17) is 4.74 Å². The molecule has 2 aromatic rings. The van der Waals surface area contributed by atoms with Crippen molar-refractivity contribution in [2.45, 2.75) is 39.2 Å². The van der Waals surface area contributed by atoms with E-state index in [0.29, 0.717) is 18.4 Å². The second-order valence-corrected chi connectivity index (χ2v) is 8.26. The predicted octanol–water partition coefficient (Wildman–Crippen LogP) is 6.19. The molecule has 27 heavy (non-hydrogen) atoms. The SMILES string of the molecule is CCOc1cc(C2Nc3ccc(C(C)=O)cc3C3C=CCC32)c(Br)cc1C. The highest BCUT2D eigenvalue weighted by atomic mass is 79.9. The highest BCUT2D eigenvalue weighted by molar-refractivity contribution is 9.10. The second-order valence-electron chi connectivity index (χ2n) is 7.41. The summed E-state index contributed by atoms with van der Waals surface area (Å²) in [6.07, 6.45) is 5.59. The number of hydrogen-bond donors (Lipinski definition) is 1. The molecule has 4 heteroatoms. The molecule has 2 aliphatic rings. The number of hydrogen-bond acceptors (Lipinski definition) is 3. The van der Waals surface area contributed by atoms with Crippen LogP contribution in [0.1, 0.15) is 59.3 Å². The Hall–Kier alpha value is -2.07. The van der Waals surface area contributed by atoms with Gasteiger partial charge in [0.05, 0.1) is 12.6 Å². The lowest BCUT2D eigenvalue weighted by molar-refractivity contribution is 0.101. The summed E-state index contributed by atoms with van der Waals surface area (Å²) in [5, 5.41) is 3.74. The number of allylic oxidation sites excluding steroid dienone is 2. The Balaban J connectivity index is 1.78. The first-order chi connectivity index (χ1) is 13.0. The molecule has 2 aromatic carbocycles. The summed E-state index contributed by atoms with van der Waals surface area (Å²) >= 11 is 3.77. The molecule has 0 radical (unpaired) electrons. The number of Topliss-reactive ketones (excluding diaryl/α,β-unsaturated/α-hetero) is 1. The van der Waals surface area contributed by atoms with Crippen LogP contribution in [0.15, 0.2) is 47.0 Å². The molecule has 0 aromatic heterocycles. The minimum absolute atomic E-state index is 0.112. The molecule has 3 nitrogen and oxygen atoms in total. The third-order valence-electron chi connectivity index (χ3n) is 5.70. The number of anilines is 1. The van der Waals surface area contributed by atoms with Crippen molar-refractivity contribution in [3.63, 3.8) is 0 Å². The van der Waals surface area contributed by atoms with Gasteiger partial charge < -0.3 is 10.1 Å². The summed E-state index contributed by atoms with van der Waals surface area (Å²) in [4.78, 5) is 11.8. The van der Waals surface area contributed by atoms with E-state index in [0.717, 1.165) is 33.5 Å². The largest absolute Gasteiger partial charge is 0.494 e. The quantitative estimate of drug-likeness (QED) is 0.468. The minimum atomic E-state index is 0.112. The van der Waals surface area contributed by atoms with Crippen LogP contribution in [0.5, 0.6) is 5.75 Å². The number of rotatable bonds is 4. The molecule has 4 rings (SSSR count). The Labute approximate surface area is 168 Å². The number of carbonyl (C=O) groups is 1. The lowest BCUT2D eigenvalue weighted by Crippen LogP contribution is -2.29. The summed E-state index contributed by atoms with van der Waals surface area (Å²) in [6, 6.07) is 10.5. The van der Waals surface area contributed by atoms with Gasteiger partial charge >= 0.3 is 0 Å². The van der Waals surface area contributed by atoms with Gasteiger partial charge in [-0.25, -0.2) is 0 Å². The van der Waals surface area contributed by atoms with Gasteiger partial charge in [-0.15, -0.1) is 0 Å². The lowest BCUT2D eigenvalue weighted by atomic mass is 9.76. The van der Waals surface area contributed by atoms with Crippen molar-refractivity contribution in [2.24, 2.45) is 5.92 Å². The number of carbonyl (C=O) groups excluding carboxylic acids is 1. The van der Waals surface area contributed by atoms with E-state index in [2.05, 4.69) is 58.5 Å². The third kappa shape index (κ3) is 3.20. The fraction of sp³-hybridized carbons (Fsp3) is 0.348. The summed E-state index contributed by atoms with van der Waals surface area (Å²) in [6.45, 7) is 6.37. The molecule has 0 amide bonds. The van der Waals surface area contributed by atoms with Crippen LogP contribution in [0.25, 0.3) is 0 Å². The summed E-state index contributed by atoms with van der Waals surface area (Å²) in [5.74, 6) is 1.81. The molecule has 3 unspecified atom stereocenters. The molecule has 1 aliphatic carbocycles. The highest BCUT2D eigenvalue weighted by Crippen LogP contribution is 2.51. The maximum Gasteiger partial charge on any atom is 0.159 e. The Morgan fingerprint density at radius 3 is 2.81 bits per heavy atom. The number of fused-ring (bicyclic) bond motifs is 3. The Bertz CT molecular complexity index is 934. The van der Waals surface area contributed by atoms with E-state index < -0.39 is 0 Å². The van der Waals surface area contributed by atoms with Gasteiger partial charge in [0.25, 0.3) is 0 Å². The number of aryl methyl sites for hydroxylation is 1. The van der Waals surface area contributed by atoms with Gasteiger partial charge in [0, 0.05) is 21.6 Å². The Morgan fingerprint density at radius 1 is 1.26 bits per heavy atom. The van der Waals surface area contributed by atoms with E-state index in [1.54, 1.807) is 6.92 Å². The number of nitrogens with one attached hydrogen (secondary N) is 1. The summed E-state index contributed by atoms with van der Waals surface area (Å²) in [5.41, 5.74) is 5.48. The fourth-order valence-corrected chi connectivity index (χ4v) is 5.04. The lowest BCUT2D eigenvalue weighted by Gasteiger charge is -2.38. The summed E-state index contributed by atoms with van der Waals surface area (Å²) in [7, 11) is 0. The van der Waals surface area contributed by atoms with Gasteiger partial charge in [-0.3, -0.25) is 4.79 Å². The number of ketones is 1. The van der Waals surface area contributed by atoms with Crippen molar-refractivity contribution >= 4 is 27.4 Å². The van der Waals surface area contributed by atoms with Crippen LogP contribution in [-0.4, -0.2) is 12.4 Å². The molecule has 1 N–H and O–H groups in total. The average molecular weight is 426 g/mol. The number of halogens is 1. The molecule has 3 atom stereocenters. The zero-order chi connectivity index (χ0) is 19.1. The van der Waals surface area contributed by atoms with E-state index in [1.807, 2.05) is 19.1 Å². The van der Waals surface area contributed by atoms with Gasteiger partial charge in [0.15, 0.2) is 5.78 Å². The van der Waals surface area contributed by atoms with Crippen LogP contribution >= 0.6 is 15.9 Å². The smallest absolute Gasteiger partial charge is 0.159 e. The van der Waals surface area contributed by atoms with Gasteiger partial charge in [0.1, 0.15) is 5.75 Å². The Morgan fingerprint density at radius 2 is 2.07 bits per heavy atom. The zero-order valence-corrected chi connectivity index (χ0v) is 17.5. The number of ether oxygens (including phenoxy) is 1. The standard InChI is InChI=1S/C23H24BrNO2/c1-4-27-22-12-19(20(24)10-13(22)2)23-17-7-5-6-16(17)18-11-15(14(3)26)8-9-21(18)25-23/h5-6,8-12,16-17,23,25H,4,7H2,1-3H3. The molecular weight excluding hydrogens is 402 g/mol. The van der Waals surface area contributed by atoms with E-state index in [-0.39, 0.29) is 11.8 Å². The molecule has 1 aliphatic heterocycles. The topological polar surface area (TPSA) is 38.3 Å². The normalized spacial score (nSPS) is 22.7. The first kappa shape index (κ1) is 18.3. The van der Waals surface area contributed by atoms with Crippen molar-refractivity contribution in [3.8, 4) is 5.75 Å². The van der Waals surface area contributed by atoms with Crippen molar-refractivity contribution in [2.75, 3.05) is 11.9 Å². The maximum atomic E-state index is 11.8. The van der Waals surface area contributed by atoms with E-state index in [9.17, 15) is 4.79 Å². The first-order valence-corrected chi connectivity index (χ1v) is 10.3. The predicted molar refractivity (Wildman–Crippen MR) is 113 cm³/mol. The maximum absolute atomic E-state index is 11.8. The van der Waals surface area contributed by atoms with Crippen LogP contribution in [0.3, 0.4) is 0 Å². The van der Waals surface area contributed by atoms with Crippen molar-refractivity contribution in [3.05, 3.63) is 69.2 Å². The van der Waals surface area contributed by atoms with Crippen LogP contribution in [0, 0.1) is 12.8 Å². The summed E-state index contributed by atoms with van der Waals surface area (Å²) < 4.78 is 6.95. The monoisotopic (exact) mass is 425 g/mol. The Kier molecular flexibility index (Phi) is 4.85. The van der Waals surface area contributed by atoms with Gasteiger partial charge in [-0.05, 0) is 80.1 Å². The average Bonchev–Trinajstić information content (AvgIpc) is 3.13. The van der Waals surface area contributed by atoms with E-state index >= 15 is 0 Å². The van der Waals surface area contributed by atoms with Crippen LogP contribution in [0.2, 0.25) is 0 Å². The van der Waals surface area contributed by atoms with Crippen molar-refractivity contribution < 1.29 is 9.53 Å². The molecule has 0 bridgehead atoms.